The van der Waals surface area contributed by atoms with E-state index in [1.807, 2.05) is 18.2 Å². The van der Waals surface area contributed by atoms with Gasteiger partial charge in [-0.3, -0.25) is 0 Å². The number of hydrogen-bond donors (Lipinski definition) is 0. The highest BCUT2D eigenvalue weighted by atomic mass is 79.9. The summed E-state index contributed by atoms with van der Waals surface area (Å²) < 4.78 is 13.2. The summed E-state index contributed by atoms with van der Waals surface area (Å²) >= 11 is 15.6. The first-order valence-corrected chi connectivity index (χ1v) is 8.20. The minimum Gasteiger partial charge on any atom is -0.207 e. The van der Waals surface area contributed by atoms with Gasteiger partial charge in [-0.2, -0.15) is 0 Å². The minimum atomic E-state index is -0.194. The maximum Gasteiger partial charge on any atom is 0.123 e. The molecule has 0 aromatic heterocycles. The zero-order valence-corrected chi connectivity index (χ0v) is 13.8. The Morgan fingerprint density at radius 2 is 1.85 bits per heavy atom. The predicted molar refractivity (Wildman–Crippen MR) is 87.6 cm³/mol. The van der Waals surface area contributed by atoms with E-state index >= 15 is 0 Å². The van der Waals surface area contributed by atoms with Crippen molar-refractivity contribution in [1.29, 1.82) is 0 Å². The normalized spacial score (nSPS) is 12.4. The van der Waals surface area contributed by atoms with E-state index in [1.165, 1.54) is 6.07 Å². The summed E-state index contributed by atoms with van der Waals surface area (Å²) in [5.41, 5.74) is 2.07. The van der Waals surface area contributed by atoms with Crippen LogP contribution in [0.1, 0.15) is 11.1 Å². The van der Waals surface area contributed by atoms with Crippen LogP contribution in [0.2, 0.25) is 10.0 Å². The van der Waals surface area contributed by atoms with Gasteiger partial charge in [0.05, 0.1) is 0 Å². The zero-order valence-electron chi connectivity index (χ0n) is 10.8. The largest absolute Gasteiger partial charge is 0.207 e. The van der Waals surface area contributed by atoms with Gasteiger partial charge in [-0.15, -0.1) is 0 Å². The highest BCUT2D eigenvalue weighted by Crippen LogP contribution is 2.25. The van der Waals surface area contributed by atoms with E-state index in [9.17, 15) is 4.39 Å². The monoisotopic (exact) mass is 374 g/mol. The van der Waals surface area contributed by atoms with E-state index < -0.39 is 0 Å². The van der Waals surface area contributed by atoms with Gasteiger partial charge in [0.15, 0.2) is 0 Å². The molecular weight excluding hydrogens is 362 g/mol. The minimum absolute atomic E-state index is 0.194. The number of benzene rings is 2. The van der Waals surface area contributed by atoms with Crippen LogP contribution < -0.4 is 0 Å². The molecule has 2 rings (SSSR count). The van der Waals surface area contributed by atoms with Crippen molar-refractivity contribution < 1.29 is 4.39 Å². The smallest absolute Gasteiger partial charge is 0.123 e. The molecule has 0 saturated carbocycles. The van der Waals surface area contributed by atoms with E-state index in [1.54, 1.807) is 18.2 Å². The van der Waals surface area contributed by atoms with Gasteiger partial charge in [0.2, 0.25) is 0 Å². The maximum absolute atomic E-state index is 13.2. The van der Waals surface area contributed by atoms with Crippen LogP contribution in [0.25, 0.3) is 0 Å². The zero-order chi connectivity index (χ0) is 14.5. The Morgan fingerprint density at radius 3 is 2.50 bits per heavy atom. The van der Waals surface area contributed by atoms with Crippen LogP contribution in [0, 0.1) is 11.7 Å². The molecule has 0 aliphatic rings. The Bertz CT molecular complexity index is 586. The first kappa shape index (κ1) is 15.8. The lowest BCUT2D eigenvalue weighted by atomic mass is 9.94. The second-order valence-corrected chi connectivity index (χ2v) is 6.29. The fourth-order valence-electron chi connectivity index (χ4n) is 2.18. The molecule has 0 N–H and O–H groups in total. The molecule has 0 radical (unpaired) electrons. The fourth-order valence-corrected chi connectivity index (χ4v) is 3.12. The molecule has 0 spiro atoms. The van der Waals surface area contributed by atoms with Crippen molar-refractivity contribution in [2.75, 3.05) is 5.33 Å². The van der Waals surface area contributed by atoms with Crippen LogP contribution in [0.5, 0.6) is 0 Å². The molecule has 1 atom stereocenters. The van der Waals surface area contributed by atoms with Crippen molar-refractivity contribution in [3.8, 4) is 0 Å². The quantitative estimate of drug-likeness (QED) is 0.568. The predicted octanol–water partition coefficient (Wildman–Crippen LogP) is 5.93. The van der Waals surface area contributed by atoms with Crippen LogP contribution >= 0.6 is 39.1 Å². The Labute approximate surface area is 137 Å². The van der Waals surface area contributed by atoms with Gasteiger partial charge in [0.1, 0.15) is 5.82 Å². The topological polar surface area (TPSA) is 0 Å². The highest BCUT2D eigenvalue weighted by molar-refractivity contribution is 9.09. The summed E-state index contributed by atoms with van der Waals surface area (Å²) in [6, 6.07) is 12.3. The summed E-state index contributed by atoms with van der Waals surface area (Å²) in [5, 5.41) is 2.16. The standard InChI is InChI=1S/C16H14BrCl2F/c17-10-12(6-11-2-1-3-15(20)8-11)7-13-4-5-14(18)9-16(13)19/h1-5,8-9,12H,6-7,10H2. The number of rotatable bonds is 5. The van der Waals surface area contributed by atoms with Gasteiger partial charge in [0, 0.05) is 15.4 Å². The number of halogens is 4. The summed E-state index contributed by atoms with van der Waals surface area (Å²) in [6.45, 7) is 0. The van der Waals surface area contributed by atoms with Crippen molar-refractivity contribution in [1.82, 2.24) is 0 Å². The van der Waals surface area contributed by atoms with E-state index in [4.69, 9.17) is 23.2 Å². The van der Waals surface area contributed by atoms with Crippen LogP contribution in [0.3, 0.4) is 0 Å². The second kappa shape index (κ2) is 7.44. The number of hydrogen-bond acceptors (Lipinski definition) is 0. The Morgan fingerprint density at radius 1 is 1.05 bits per heavy atom. The molecule has 0 bridgehead atoms. The molecule has 0 aliphatic carbocycles. The van der Waals surface area contributed by atoms with Gasteiger partial charge < -0.3 is 0 Å². The van der Waals surface area contributed by atoms with Crippen LogP contribution in [0.4, 0.5) is 4.39 Å². The summed E-state index contributed by atoms with van der Waals surface area (Å²) in [7, 11) is 0. The molecule has 0 nitrogen and oxygen atoms in total. The highest BCUT2D eigenvalue weighted by Gasteiger charge is 2.12. The van der Waals surface area contributed by atoms with Crippen molar-refractivity contribution in [3.05, 3.63) is 69.5 Å². The first-order chi connectivity index (χ1) is 9.58. The van der Waals surface area contributed by atoms with Gasteiger partial charge in [-0.1, -0.05) is 57.3 Å². The van der Waals surface area contributed by atoms with E-state index in [0.29, 0.717) is 16.0 Å². The van der Waals surface area contributed by atoms with E-state index in [0.717, 1.165) is 29.3 Å². The van der Waals surface area contributed by atoms with Crippen molar-refractivity contribution in [2.45, 2.75) is 12.8 Å². The lowest BCUT2D eigenvalue weighted by molar-refractivity contribution is 0.582. The van der Waals surface area contributed by atoms with E-state index in [2.05, 4.69) is 15.9 Å². The molecule has 1 unspecified atom stereocenters. The third-order valence-electron chi connectivity index (χ3n) is 3.16. The van der Waals surface area contributed by atoms with Gasteiger partial charge in [-0.05, 0) is 54.2 Å². The SMILES string of the molecule is Fc1cccc(CC(CBr)Cc2ccc(Cl)cc2Cl)c1. The van der Waals surface area contributed by atoms with Crippen LogP contribution in [-0.4, -0.2) is 5.33 Å². The van der Waals surface area contributed by atoms with Crippen molar-refractivity contribution in [3.63, 3.8) is 0 Å². The maximum atomic E-state index is 13.2. The molecule has 0 heterocycles. The van der Waals surface area contributed by atoms with Gasteiger partial charge in [0.25, 0.3) is 0 Å². The lowest BCUT2D eigenvalue weighted by Crippen LogP contribution is -2.10. The molecule has 2 aromatic rings. The van der Waals surface area contributed by atoms with Crippen molar-refractivity contribution in [2.24, 2.45) is 5.92 Å². The summed E-state index contributed by atoms with van der Waals surface area (Å²) in [4.78, 5) is 0. The molecule has 20 heavy (non-hydrogen) atoms. The molecule has 106 valence electrons. The molecule has 0 amide bonds. The molecule has 0 fully saturated rings. The average molecular weight is 376 g/mol. The Balaban J connectivity index is 2.09. The molecule has 4 heteroatoms. The molecule has 0 saturated heterocycles. The summed E-state index contributed by atoms with van der Waals surface area (Å²) in [6.07, 6.45) is 1.64. The summed E-state index contributed by atoms with van der Waals surface area (Å²) in [5.74, 6) is 0.163. The van der Waals surface area contributed by atoms with Gasteiger partial charge in [-0.25, -0.2) is 4.39 Å². The van der Waals surface area contributed by atoms with E-state index in [-0.39, 0.29) is 5.82 Å². The Hall–Kier alpha value is -0.570. The van der Waals surface area contributed by atoms with Crippen LogP contribution in [0.15, 0.2) is 42.5 Å². The fraction of sp³-hybridized carbons (Fsp3) is 0.250. The second-order valence-electron chi connectivity index (χ2n) is 4.79. The first-order valence-electron chi connectivity index (χ1n) is 6.33. The molecule has 0 aliphatic heterocycles. The lowest BCUT2D eigenvalue weighted by Gasteiger charge is -2.15. The number of alkyl halides is 1. The average Bonchev–Trinajstić information content (AvgIpc) is 2.41. The Kier molecular flexibility index (Phi) is 5.88. The third kappa shape index (κ3) is 4.47. The molecule has 2 aromatic carbocycles. The molecular formula is C16H14BrCl2F. The van der Waals surface area contributed by atoms with Crippen molar-refractivity contribution >= 4 is 39.1 Å². The third-order valence-corrected chi connectivity index (χ3v) is 4.66. The van der Waals surface area contributed by atoms with Gasteiger partial charge >= 0.3 is 0 Å². The van der Waals surface area contributed by atoms with Crippen LogP contribution in [-0.2, 0) is 12.8 Å².